The van der Waals surface area contributed by atoms with Crippen molar-refractivity contribution in [1.82, 2.24) is 5.32 Å². The predicted molar refractivity (Wildman–Crippen MR) is 82.3 cm³/mol. The molecule has 2 heteroatoms. The molecule has 18 heavy (non-hydrogen) atoms. The maximum Gasteiger partial charge on any atom is 0.235 e. The summed E-state index contributed by atoms with van der Waals surface area (Å²) in [6.45, 7) is 13.8. The third-order valence-corrected chi connectivity index (χ3v) is 3.20. The minimum absolute atomic E-state index is 0. The minimum Gasteiger partial charge on any atom is -0.316 e. The fourth-order valence-corrected chi connectivity index (χ4v) is 2.07. The SMILES string of the molecule is CCCCCCCCC(C)CNCC(C)(C)C.[IH2+]. The molecule has 0 amide bonds. The highest BCUT2D eigenvalue weighted by atomic mass is 127. The van der Waals surface area contributed by atoms with E-state index in [1.165, 1.54) is 51.5 Å². The fraction of sp³-hybridized carbons (Fsp3) is 1.00. The number of rotatable bonds is 10. The van der Waals surface area contributed by atoms with Crippen LogP contribution < -0.4 is 29.3 Å². The largest absolute Gasteiger partial charge is 0.316 e. The summed E-state index contributed by atoms with van der Waals surface area (Å²) >= 11 is 0. The Morgan fingerprint density at radius 2 is 1.50 bits per heavy atom. The first-order chi connectivity index (χ1) is 7.95. The van der Waals surface area contributed by atoms with Crippen LogP contribution in [0.15, 0.2) is 0 Å². The van der Waals surface area contributed by atoms with Gasteiger partial charge in [0.05, 0.1) is 0 Å². The van der Waals surface area contributed by atoms with Crippen LogP contribution in [-0.4, -0.2) is 13.1 Å². The first-order valence-corrected chi connectivity index (χ1v) is 7.66. The quantitative estimate of drug-likeness (QED) is 0.454. The maximum absolute atomic E-state index is 3.59. The highest BCUT2D eigenvalue weighted by Gasteiger charge is 2.09. The van der Waals surface area contributed by atoms with Gasteiger partial charge < -0.3 is 5.32 Å². The van der Waals surface area contributed by atoms with E-state index in [0.717, 1.165) is 12.5 Å². The van der Waals surface area contributed by atoms with Crippen LogP contribution in [0.3, 0.4) is 0 Å². The molecule has 0 bridgehead atoms. The van der Waals surface area contributed by atoms with Gasteiger partial charge in [-0.3, -0.25) is 0 Å². The predicted octanol–water partition coefficient (Wildman–Crippen LogP) is 1.48. The van der Waals surface area contributed by atoms with Crippen molar-refractivity contribution in [1.29, 1.82) is 0 Å². The Labute approximate surface area is 133 Å². The van der Waals surface area contributed by atoms with Gasteiger partial charge in [0.1, 0.15) is 0 Å². The number of hydrogen-bond donors (Lipinski definition) is 1. The van der Waals surface area contributed by atoms with Gasteiger partial charge in [-0.25, -0.2) is 0 Å². The molecule has 0 aromatic heterocycles. The Balaban J connectivity index is 0. The lowest BCUT2D eigenvalue weighted by molar-refractivity contribution is -0.00000460. The summed E-state index contributed by atoms with van der Waals surface area (Å²) in [6, 6.07) is 0. The Kier molecular flexibility index (Phi) is 14.8. The normalized spacial score (nSPS) is 13.2. The summed E-state index contributed by atoms with van der Waals surface area (Å²) in [6.07, 6.45) is 9.90. The van der Waals surface area contributed by atoms with Gasteiger partial charge in [0.25, 0.3) is 0 Å². The van der Waals surface area contributed by atoms with Crippen LogP contribution in [0.4, 0.5) is 0 Å². The molecule has 0 fully saturated rings. The van der Waals surface area contributed by atoms with Gasteiger partial charge >= 0.3 is 0 Å². The average molecular weight is 370 g/mol. The van der Waals surface area contributed by atoms with Crippen LogP contribution in [0, 0.1) is 11.3 Å². The first-order valence-electron chi connectivity index (χ1n) is 7.66. The maximum atomic E-state index is 3.59. The molecule has 0 aliphatic rings. The van der Waals surface area contributed by atoms with E-state index >= 15 is 0 Å². The molecule has 1 N–H and O–H groups in total. The van der Waals surface area contributed by atoms with Gasteiger partial charge in [0.2, 0.25) is 24.0 Å². The average Bonchev–Trinajstić information content (AvgIpc) is 2.21. The molecule has 0 aliphatic carbocycles. The second-order valence-corrected chi connectivity index (χ2v) is 6.85. The molecule has 0 aromatic rings. The Morgan fingerprint density at radius 3 is 2.06 bits per heavy atom. The first kappa shape index (κ1) is 21.0. The minimum atomic E-state index is 0. The number of halogens is 1. The lowest BCUT2D eigenvalue weighted by atomic mass is 9.96. The van der Waals surface area contributed by atoms with E-state index in [0.29, 0.717) is 5.41 Å². The summed E-state index contributed by atoms with van der Waals surface area (Å²) in [5.41, 5.74) is 0.417. The van der Waals surface area contributed by atoms with Crippen LogP contribution in [0.1, 0.15) is 79.6 Å². The van der Waals surface area contributed by atoms with Crippen molar-refractivity contribution in [2.24, 2.45) is 11.3 Å². The molecule has 0 aliphatic heterocycles. The molecule has 1 nitrogen and oxygen atoms in total. The summed E-state index contributed by atoms with van der Waals surface area (Å²) < 4.78 is 0. The zero-order valence-corrected chi connectivity index (χ0v) is 15.9. The van der Waals surface area contributed by atoms with Gasteiger partial charge in [-0.1, -0.05) is 73.1 Å². The number of unbranched alkanes of at least 4 members (excludes halogenated alkanes) is 5. The van der Waals surface area contributed by atoms with Crippen molar-refractivity contribution in [3.8, 4) is 0 Å². The molecule has 0 rings (SSSR count). The molecule has 0 aromatic carbocycles. The van der Waals surface area contributed by atoms with Crippen LogP contribution in [0.25, 0.3) is 0 Å². The van der Waals surface area contributed by atoms with Gasteiger partial charge in [0, 0.05) is 0 Å². The molecule has 0 saturated heterocycles. The van der Waals surface area contributed by atoms with Crippen molar-refractivity contribution in [2.45, 2.75) is 79.6 Å². The number of hydrogen-bond acceptors (Lipinski definition) is 1. The van der Waals surface area contributed by atoms with Crippen molar-refractivity contribution in [3.05, 3.63) is 0 Å². The molecular weight excluding hydrogens is 333 g/mol. The van der Waals surface area contributed by atoms with E-state index < -0.39 is 0 Å². The van der Waals surface area contributed by atoms with E-state index in [-0.39, 0.29) is 24.0 Å². The molecule has 0 spiro atoms. The zero-order valence-electron chi connectivity index (χ0n) is 13.4. The van der Waals surface area contributed by atoms with Crippen LogP contribution in [-0.2, 0) is 0 Å². The summed E-state index contributed by atoms with van der Waals surface area (Å²) in [5.74, 6) is 0.837. The Bertz CT molecular complexity index is 163. The fourth-order valence-electron chi connectivity index (χ4n) is 2.07. The van der Waals surface area contributed by atoms with Gasteiger partial charge in [-0.15, -0.1) is 0 Å². The van der Waals surface area contributed by atoms with Crippen LogP contribution >= 0.6 is 0 Å². The zero-order chi connectivity index (χ0) is 13.1. The lowest BCUT2D eigenvalue weighted by Gasteiger charge is -2.20. The van der Waals surface area contributed by atoms with E-state index in [1.807, 2.05) is 0 Å². The molecule has 0 saturated carbocycles. The van der Waals surface area contributed by atoms with Gasteiger partial charge in [-0.2, -0.15) is 0 Å². The second-order valence-electron chi connectivity index (χ2n) is 6.85. The monoisotopic (exact) mass is 370 g/mol. The smallest absolute Gasteiger partial charge is 0.235 e. The molecular formula is C16H37IN+. The van der Waals surface area contributed by atoms with Crippen LogP contribution in [0.2, 0.25) is 0 Å². The molecule has 1 unspecified atom stereocenters. The molecule has 1 atom stereocenters. The van der Waals surface area contributed by atoms with Crippen molar-refractivity contribution >= 4 is 0 Å². The third-order valence-electron chi connectivity index (χ3n) is 3.20. The molecule has 0 heterocycles. The van der Waals surface area contributed by atoms with Crippen molar-refractivity contribution in [2.75, 3.05) is 13.1 Å². The second kappa shape index (κ2) is 12.7. The summed E-state index contributed by atoms with van der Waals surface area (Å²) in [5, 5.41) is 3.59. The molecule has 112 valence electrons. The van der Waals surface area contributed by atoms with Crippen LogP contribution in [0.5, 0.6) is 0 Å². The topological polar surface area (TPSA) is 12.0 Å². The van der Waals surface area contributed by atoms with E-state index in [1.54, 1.807) is 0 Å². The Hall–Kier alpha value is 0.690. The van der Waals surface area contributed by atoms with Crippen molar-refractivity contribution < 1.29 is 24.0 Å². The van der Waals surface area contributed by atoms with Crippen molar-refractivity contribution in [3.63, 3.8) is 0 Å². The summed E-state index contributed by atoms with van der Waals surface area (Å²) in [4.78, 5) is 0. The van der Waals surface area contributed by atoms with E-state index in [2.05, 4.69) is 39.9 Å². The highest BCUT2D eigenvalue weighted by molar-refractivity contribution is 4.66. The van der Waals surface area contributed by atoms with E-state index in [4.69, 9.17) is 0 Å². The Morgan fingerprint density at radius 1 is 0.944 bits per heavy atom. The van der Waals surface area contributed by atoms with Gasteiger partial charge in [-0.05, 0) is 30.8 Å². The standard InChI is InChI=1S/C16H35N.H2I/c1-6-7-8-9-10-11-12-15(2)13-17-14-16(3,4)5;/h15,17H,6-14H2,1-5H3;1H2/q;+1. The lowest BCUT2D eigenvalue weighted by Crippen LogP contribution is -3.00. The highest BCUT2D eigenvalue weighted by Crippen LogP contribution is 2.13. The van der Waals surface area contributed by atoms with E-state index in [9.17, 15) is 0 Å². The van der Waals surface area contributed by atoms with Gasteiger partial charge in [0.15, 0.2) is 0 Å². The summed E-state index contributed by atoms with van der Waals surface area (Å²) in [7, 11) is 0. The number of nitrogens with one attached hydrogen (secondary N) is 1. The third kappa shape index (κ3) is 16.7. The molecule has 0 radical (unpaired) electrons.